The molecule has 1 atom stereocenters. The Morgan fingerprint density at radius 2 is 1.88 bits per heavy atom. The highest BCUT2D eigenvalue weighted by atomic mass is 19.1. The molecule has 4 rings (SSSR count). The molecule has 180 valence electrons. The molecule has 0 spiro atoms. The second-order valence-corrected chi connectivity index (χ2v) is 8.86. The third-order valence-corrected chi connectivity index (χ3v) is 6.60. The number of rotatable bonds is 10. The number of likely N-dealkylation sites (N-methyl/N-ethyl adjacent to an activating group) is 1. The Kier molecular flexibility index (Phi) is 8.15. The summed E-state index contributed by atoms with van der Waals surface area (Å²) in [5.74, 6) is 1.05. The van der Waals surface area contributed by atoms with E-state index in [0.29, 0.717) is 36.2 Å². The number of anilines is 3. The predicted octanol–water partition coefficient (Wildman–Crippen LogP) is 4.62. The minimum absolute atomic E-state index is 0.187. The molecule has 1 unspecified atom stereocenters. The molecule has 1 aromatic carbocycles. The third-order valence-electron chi connectivity index (χ3n) is 6.60. The molecule has 0 radical (unpaired) electrons. The van der Waals surface area contributed by atoms with Crippen LogP contribution in [0.2, 0.25) is 0 Å². The van der Waals surface area contributed by atoms with Crippen LogP contribution in [-0.2, 0) is 0 Å². The van der Waals surface area contributed by atoms with Crippen molar-refractivity contribution in [2.75, 3.05) is 44.0 Å². The molecule has 1 saturated carbocycles. The van der Waals surface area contributed by atoms with Crippen molar-refractivity contribution in [2.45, 2.75) is 57.9 Å². The van der Waals surface area contributed by atoms with Crippen LogP contribution in [0.1, 0.15) is 51.9 Å². The van der Waals surface area contributed by atoms with E-state index >= 15 is 0 Å². The Morgan fingerprint density at radius 1 is 1.06 bits per heavy atom. The van der Waals surface area contributed by atoms with Crippen LogP contribution in [0.15, 0.2) is 18.2 Å². The van der Waals surface area contributed by atoms with Gasteiger partial charge in [0.15, 0.2) is 11.6 Å². The van der Waals surface area contributed by atoms with Crippen molar-refractivity contribution in [3.8, 4) is 11.8 Å². The summed E-state index contributed by atoms with van der Waals surface area (Å²) >= 11 is 0. The molecule has 1 aliphatic heterocycles. The standard InChI is InChI=1S/C24H35FN6O2/c1-3-31-13-7-10-19(31)15-26-22-28-23(27-18-11-12-21(32-2)20(25)14-18)30-24(29-22)33-16-17-8-5-4-6-9-17/h11-12,14,17,19H,3-10,13,15-16H2,1-2H3,(H2,26,27,28,29,30). The molecule has 33 heavy (non-hydrogen) atoms. The summed E-state index contributed by atoms with van der Waals surface area (Å²) in [5.41, 5.74) is 0.525. The zero-order valence-corrected chi connectivity index (χ0v) is 19.6. The first-order valence-corrected chi connectivity index (χ1v) is 12.1. The minimum Gasteiger partial charge on any atom is -0.494 e. The summed E-state index contributed by atoms with van der Waals surface area (Å²) < 4.78 is 25.1. The fraction of sp³-hybridized carbons (Fsp3) is 0.625. The normalized spacial score (nSPS) is 19.4. The number of benzene rings is 1. The monoisotopic (exact) mass is 458 g/mol. The molecule has 1 saturated heterocycles. The molecule has 1 aromatic heterocycles. The second kappa shape index (κ2) is 11.4. The number of nitrogens with one attached hydrogen (secondary N) is 2. The largest absolute Gasteiger partial charge is 0.494 e. The summed E-state index contributed by atoms with van der Waals surface area (Å²) in [5, 5.41) is 6.44. The van der Waals surface area contributed by atoms with E-state index in [0.717, 1.165) is 26.1 Å². The van der Waals surface area contributed by atoms with E-state index in [9.17, 15) is 4.39 Å². The first-order valence-electron chi connectivity index (χ1n) is 12.1. The number of aromatic nitrogens is 3. The lowest BCUT2D eigenvalue weighted by atomic mass is 9.90. The van der Waals surface area contributed by atoms with E-state index in [2.05, 4.69) is 37.4 Å². The van der Waals surface area contributed by atoms with Crippen molar-refractivity contribution in [1.82, 2.24) is 19.9 Å². The molecule has 2 aliphatic rings. The zero-order chi connectivity index (χ0) is 23.0. The Labute approximate surface area is 195 Å². The molecule has 2 heterocycles. The average molecular weight is 459 g/mol. The molecule has 0 amide bonds. The van der Waals surface area contributed by atoms with Gasteiger partial charge in [-0.05, 0) is 56.8 Å². The minimum atomic E-state index is -0.454. The molecule has 2 aromatic rings. The van der Waals surface area contributed by atoms with Crippen LogP contribution in [-0.4, -0.2) is 59.2 Å². The molecule has 1 aliphatic carbocycles. The summed E-state index contributed by atoms with van der Waals surface area (Å²) in [4.78, 5) is 15.9. The first kappa shape index (κ1) is 23.5. The number of ether oxygens (including phenoxy) is 2. The Balaban J connectivity index is 1.48. The SMILES string of the molecule is CCN1CCCC1CNc1nc(Nc2ccc(OC)c(F)c2)nc(OCC2CCCCC2)n1. The van der Waals surface area contributed by atoms with E-state index in [-0.39, 0.29) is 11.8 Å². The van der Waals surface area contributed by atoms with E-state index < -0.39 is 5.82 Å². The van der Waals surface area contributed by atoms with Crippen molar-refractivity contribution in [2.24, 2.45) is 5.92 Å². The van der Waals surface area contributed by atoms with Gasteiger partial charge in [0.1, 0.15) is 0 Å². The van der Waals surface area contributed by atoms with Crippen LogP contribution in [0.5, 0.6) is 11.8 Å². The Bertz CT molecular complexity index is 909. The fourth-order valence-electron chi connectivity index (χ4n) is 4.73. The highest BCUT2D eigenvalue weighted by molar-refractivity contribution is 5.56. The van der Waals surface area contributed by atoms with Crippen molar-refractivity contribution < 1.29 is 13.9 Å². The topological polar surface area (TPSA) is 84.4 Å². The molecule has 2 N–H and O–H groups in total. The number of methoxy groups -OCH3 is 1. The maximum absolute atomic E-state index is 14.1. The maximum atomic E-state index is 14.1. The smallest absolute Gasteiger partial charge is 0.323 e. The number of hydrogen-bond acceptors (Lipinski definition) is 8. The lowest BCUT2D eigenvalue weighted by molar-refractivity contribution is 0.196. The highest BCUT2D eigenvalue weighted by Crippen LogP contribution is 2.26. The van der Waals surface area contributed by atoms with Crippen molar-refractivity contribution >= 4 is 17.6 Å². The van der Waals surface area contributed by atoms with Gasteiger partial charge in [0.2, 0.25) is 11.9 Å². The van der Waals surface area contributed by atoms with Gasteiger partial charge in [-0.3, -0.25) is 4.90 Å². The van der Waals surface area contributed by atoms with Crippen LogP contribution < -0.4 is 20.1 Å². The molecule has 9 heteroatoms. The molecule has 2 fully saturated rings. The Hall–Kier alpha value is -2.68. The van der Waals surface area contributed by atoms with Crippen LogP contribution >= 0.6 is 0 Å². The van der Waals surface area contributed by atoms with Crippen LogP contribution in [0.25, 0.3) is 0 Å². The van der Waals surface area contributed by atoms with Crippen LogP contribution in [0.4, 0.5) is 22.0 Å². The van der Waals surface area contributed by atoms with Gasteiger partial charge in [-0.25, -0.2) is 4.39 Å². The number of nitrogens with zero attached hydrogens (tertiary/aromatic N) is 4. The lowest BCUT2D eigenvalue weighted by Gasteiger charge is -2.23. The van der Waals surface area contributed by atoms with Crippen LogP contribution in [0, 0.1) is 11.7 Å². The zero-order valence-electron chi connectivity index (χ0n) is 19.6. The number of hydrogen-bond donors (Lipinski definition) is 2. The molecule has 0 bridgehead atoms. The van der Waals surface area contributed by atoms with Gasteiger partial charge >= 0.3 is 6.01 Å². The van der Waals surface area contributed by atoms with Crippen LogP contribution in [0.3, 0.4) is 0 Å². The fourth-order valence-corrected chi connectivity index (χ4v) is 4.73. The van der Waals surface area contributed by atoms with Crippen molar-refractivity contribution in [3.05, 3.63) is 24.0 Å². The Morgan fingerprint density at radius 3 is 2.64 bits per heavy atom. The summed E-state index contributed by atoms with van der Waals surface area (Å²) in [6.07, 6.45) is 8.54. The summed E-state index contributed by atoms with van der Waals surface area (Å²) in [7, 11) is 1.44. The summed E-state index contributed by atoms with van der Waals surface area (Å²) in [6, 6.07) is 5.39. The molecular weight excluding hydrogens is 423 g/mol. The van der Waals surface area contributed by atoms with Gasteiger partial charge in [-0.2, -0.15) is 15.0 Å². The van der Waals surface area contributed by atoms with Gasteiger partial charge in [-0.1, -0.05) is 26.2 Å². The number of likely N-dealkylation sites (tertiary alicyclic amines) is 1. The average Bonchev–Trinajstić information content (AvgIpc) is 3.30. The van der Waals surface area contributed by atoms with Gasteiger partial charge in [0.05, 0.1) is 13.7 Å². The van der Waals surface area contributed by atoms with Crippen molar-refractivity contribution in [3.63, 3.8) is 0 Å². The maximum Gasteiger partial charge on any atom is 0.323 e. The number of halogens is 1. The van der Waals surface area contributed by atoms with E-state index in [1.165, 1.54) is 51.7 Å². The second-order valence-electron chi connectivity index (χ2n) is 8.86. The quantitative estimate of drug-likeness (QED) is 0.534. The predicted molar refractivity (Wildman–Crippen MR) is 127 cm³/mol. The van der Waals surface area contributed by atoms with E-state index in [1.54, 1.807) is 12.1 Å². The van der Waals surface area contributed by atoms with Gasteiger partial charge in [-0.15, -0.1) is 0 Å². The molecular formula is C24H35FN6O2. The third kappa shape index (κ3) is 6.43. The van der Waals surface area contributed by atoms with Crippen molar-refractivity contribution in [1.29, 1.82) is 0 Å². The lowest BCUT2D eigenvalue weighted by Crippen LogP contribution is -2.35. The van der Waals surface area contributed by atoms with Gasteiger partial charge < -0.3 is 20.1 Å². The first-order chi connectivity index (χ1) is 16.1. The summed E-state index contributed by atoms with van der Waals surface area (Å²) in [6.45, 7) is 5.72. The van der Waals surface area contributed by atoms with Gasteiger partial charge in [0, 0.05) is 24.3 Å². The molecule has 8 nitrogen and oxygen atoms in total. The van der Waals surface area contributed by atoms with Gasteiger partial charge in [0.25, 0.3) is 0 Å². The highest BCUT2D eigenvalue weighted by Gasteiger charge is 2.23. The van der Waals surface area contributed by atoms with E-state index in [1.807, 2.05) is 0 Å². The van der Waals surface area contributed by atoms with E-state index in [4.69, 9.17) is 9.47 Å².